The third-order valence-electron chi connectivity index (χ3n) is 11.9. The molecule has 0 aliphatic heterocycles. The smallest absolute Gasteiger partial charge is 0.160 e. The van der Waals surface area contributed by atoms with Gasteiger partial charge in [-0.05, 0) is 88.6 Å². The first kappa shape index (κ1) is 34.0. The summed E-state index contributed by atoms with van der Waals surface area (Å²) in [7, 11) is 0. The zero-order valence-corrected chi connectivity index (χ0v) is 32.6. The predicted molar refractivity (Wildman–Crippen MR) is 250 cm³/mol. The van der Waals surface area contributed by atoms with Gasteiger partial charge in [-0.1, -0.05) is 152 Å². The first-order valence-corrected chi connectivity index (χ1v) is 20.4. The molecule has 3 heterocycles. The van der Waals surface area contributed by atoms with Gasteiger partial charge < -0.3 is 9.13 Å². The summed E-state index contributed by atoms with van der Waals surface area (Å²) in [5.74, 6) is 0.705. The Balaban J connectivity index is 1.04. The van der Waals surface area contributed by atoms with Crippen molar-refractivity contribution in [3.63, 3.8) is 0 Å². The third kappa shape index (κ3) is 5.53. The van der Waals surface area contributed by atoms with Crippen LogP contribution in [0.2, 0.25) is 0 Å². The molecule has 12 rings (SSSR count). The lowest BCUT2D eigenvalue weighted by Gasteiger charge is -2.12. The average Bonchev–Trinajstić information content (AvgIpc) is 3.85. The Hall–Kier alpha value is -8.08. The minimum atomic E-state index is 0.705. The Morgan fingerprint density at radius 3 is 1.58 bits per heavy atom. The zero-order chi connectivity index (χ0) is 39.6. The van der Waals surface area contributed by atoms with Crippen LogP contribution in [-0.2, 0) is 0 Å². The molecule has 0 saturated heterocycles. The summed E-state index contributed by atoms with van der Waals surface area (Å²) in [6.45, 7) is 0. The molecule has 60 heavy (non-hydrogen) atoms. The summed E-state index contributed by atoms with van der Waals surface area (Å²) in [6, 6.07) is 78.0. The van der Waals surface area contributed by atoms with Crippen molar-refractivity contribution in [3.8, 4) is 56.4 Å². The number of fused-ring (bicyclic) bond motifs is 8. The zero-order valence-electron chi connectivity index (χ0n) is 32.6. The number of rotatable bonds is 6. The molecule has 0 atom stereocenters. The maximum atomic E-state index is 5.17. The van der Waals surface area contributed by atoms with Crippen molar-refractivity contribution in [1.82, 2.24) is 19.1 Å². The van der Waals surface area contributed by atoms with E-state index in [0.717, 1.165) is 50.5 Å². The number of benzene rings is 9. The van der Waals surface area contributed by atoms with Crippen LogP contribution >= 0.6 is 0 Å². The minimum Gasteiger partial charge on any atom is -0.309 e. The fraction of sp³-hybridized carbons (Fsp3) is 0. The van der Waals surface area contributed by atoms with Crippen LogP contribution in [0.4, 0.5) is 0 Å². The molecular formula is C56H36N4. The lowest BCUT2D eigenvalue weighted by Crippen LogP contribution is -1.98. The van der Waals surface area contributed by atoms with Crippen molar-refractivity contribution in [1.29, 1.82) is 0 Å². The first-order valence-electron chi connectivity index (χ1n) is 20.4. The maximum absolute atomic E-state index is 5.17. The molecule has 280 valence electrons. The van der Waals surface area contributed by atoms with E-state index < -0.39 is 0 Å². The fourth-order valence-electron chi connectivity index (χ4n) is 9.13. The summed E-state index contributed by atoms with van der Waals surface area (Å²) < 4.78 is 4.79. The average molecular weight is 765 g/mol. The third-order valence-corrected chi connectivity index (χ3v) is 11.9. The summed E-state index contributed by atoms with van der Waals surface area (Å²) in [4.78, 5) is 10.2. The highest BCUT2D eigenvalue weighted by molar-refractivity contribution is 6.22. The standard InChI is InChI=1S/C56H36N4/c1-4-16-38(17-5-1)49-36-50(58-56(57-49)39-18-6-2-7-19-39)42-20-14-23-44(33-42)60-53-31-29-41(35-48(53)55-45-24-11-10-15-37(45)27-32-54(55)60)40-28-30-52-47(34-40)46-25-12-13-26-51(46)59(52)43-21-8-3-9-22-43/h1-36H. The van der Waals surface area contributed by atoms with Gasteiger partial charge in [0.2, 0.25) is 0 Å². The molecule has 0 saturated carbocycles. The van der Waals surface area contributed by atoms with Gasteiger partial charge >= 0.3 is 0 Å². The van der Waals surface area contributed by atoms with Crippen molar-refractivity contribution in [2.75, 3.05) is 0 Å². The second-order valence-electron chi connectivity index (χ2n) is 15.4. The predicted octanol–water partition coefficient (Wildman–Crippen LogP) is 14.5. The van der Waals surface area contributed by atoms with Gasteiger partial charge in [0.25, 0.3) is 0 Å². The molecular weight excluding hydrogens is 729 g/mol. The number of para-hydroxylation sites is 2. The van der Waals surface area contributed by atoms with Gasteiger partial charge in [-0.15, -0.1) is 0 Å². The SMILES string of the molecule is c1ccc(-c2cc(-c3cccc(-n4c5ccc(-c6ccc7c(c6)c6ccccc6n7-c6ccccc6)cc5c5c6ccccc6ccc54)c3)nc(-c3ccccc3)n2)cc1. The summed E-state index contributed by atoms with van der Waals surface area (Å²) in [5, 5.41) is 7.42. The lowest BCUT2D eigenvalue weighted by molar-refractivity contribution is 1.16. The first-order chi connectivity index (χ1) is 29.7. The molecule has 0 radical (unpaired) electrons. The van der Waals surface area contributed by atoms with Crippen LogP contribution in [0.15, 0.2) is 218 Å². The van der Waals surface area contributed by atoms with Crippen LogP contribution in [-0.4, -0.2) is 19.1 Å². The monoisotopic (exact) mass is 764 g/mol. The van der Waals surface area contributed by atoms with Crippen LogP contribution in [0.3, 0.4) is 0 Å². The highest BCUT2D eigenvalue weighted by Crippen LogP contribution is 2.41. The molecule has 0 unspecified atom stereocenters. The van der Waals surface area contributed by atoms with Crippen molar-refractivity contribution in [3.05, 3.63) is 218 Å². The molecule has 0 amide bonds. The molecule has 0 bridgehead atoms. The number of hydrogen-bond donors (Lipinski definition) is 0. The summed E-state index contributed by atoms with van der Waals surface area (Å²) in [6.07, 6.45) is 0. The Morgan fingerprint density at radius 1 is 0.283 bits per heavy atom. The van der Waals surface area contributed by atoms with Gasteiger partial charge in [-0.25, -0.2) is 9.97 Å². The fourth-order valence-corrected chi connectivity index (χ4v) is 9.13. The minimum absolute atomic E-state index is 0.705. The Labute approximate surface area is 346 Å². The molecule has 0 fully saturated rings. The second-order valence-corrected chi connectivity index (χ2v) is 15.4. The quantitative estimate of drug-likeness (QED) is 0.169. The Morgan fingerprint density at radius 2 is 0.817 bits per heavy atom. The van der Waals surface area contributed by atoms with Crippen LogP contribution in [0, 0.1) is 0 Å². The molecule has 3 aromatic heterocycles. The highest BCUT2D eigenvalue weighted by Gasteiger charge is 2.19. The lowest BCUT2D eigenvalue weighted by atomic mass is 9.99. The van der Waals surface area contributed by atoms with Crippen molar-refractivity contribution in [2.24, 2.45) is 0 Å². The van der Waals surface area contributed by atoms with E-state index in [0.29, 0.717) is 5.82 Å². The van der Waals surface area contributed by atoms with E-state index in [1.54, 1.807) is 0 Å². The normalized spacial score (nSPS) is 11.7. The molecule has 4 nitrogen and oxygen atoms in total. The van der Waals surface area contributed by atoms with Gasteiger partial charge in [0, 0.05) is 49.6 Å². The van der Waals surface area contributed by atoms with Crippen molar-refractivity contribution in [2.45, 2.75) is 0 Å². The molecule has 4 heteroatoms. The number of hydrogen-bond acceptors (Lipinski definition) is 2. The summed E-state index contributed by atoms with van der Waals surface area (Å²) in [5.41, 5.74) is 14.2. The number of nitrogens with zero attached hydrogens (tertiary/aromatic N) is 4. The van der Waals surface area contributed by atoms with Gasteiger partial charge in [0.05, 0.1) is 33.5 Å². The molecule has 12 aromatic rings. The van der Waals surface area contributed by atoms with E-state index in [4.69, 9.17) is 9.97 Å². The second kappa shape index (κ2) is 13.8. The molecule has 0 N–H and O–H groups in total. The van der Waals surface area contributed by atoms with E-state index in [-0.39, 0.29) is 0 Å². The number of aromatic nitrogens is 4. The van der Waals surface area contributed by atoms with Crippen molar-refractivity contribution >= 4 is 54.4 Å². The van der Waals surface area contributed by atoms with Gasteiger partial charge in [0.15, 0.2) is 5.82 Å². The highest BCUT2D eigenvalue weighted by atomic mass is 15.0. The van der Waals surface area contributed by atoms with Gasteiger partial charge in [0.1, 0.15) is 0 Å². The molecule has 0 aliphatic carbocycles. The van der Waals surface area contributed by atoms with Crippen LogP contribution in [0.5, 0.6) is 0 Å². The molecule has 0 spiro atoms. The van der Waals surface area contributed by atoms with E-state index >= 15 is 0 Å². The van der Waals surface area contributed by atoms with Gasteiger partial charge in [-0.3, -0.25) is 0 Å². The maximum Gasteiger partial charge on any atom is 0.160 e. The van der Waals surface area contributed by atoms with Crippen LogP contribution in [0.1, 0.15) is 0 Å². The summed E-state index contributed by atoms with van der Waals surface area (Å²) >= 11 is 0. The molecule has 9 aromatic carbocycles. The van der Waals surface area contributed by atoms with Gasteiger partial charge in [-0.2, -0.15) is 0 Å². The van der Waals surface area contributed by atoms with E-state index in [1.165, 1.54) is 54.5 Å². The van der Waals surface area contributed by atoms with E-state index in [9.17, 15) is 0 Å². The van der Waals surface area contributed by atoms with Crippen molar-refractivity contribution < 1.29 is 0 Å². The van der Waals surface area contributed by atoms with Crippen LogP contribution in [0.25, 0.3) is 111 Å². The topological polar surface area (TPSA) is 35.6 Å². The molecule has 0 aliphatic rings. The van der Waals surface area contributed by atoms with E-state index in [1.807, 2.05) is 24.3 Å². The van der Waals surface area contributed by atoms with E-state index in [2.05, 4.69) is 203 Å². The van der Waals surface area contributed by atoms with Crippen LogP contribution < -0.4 is 0 Å². The largest absolute Gasteiger partial charge is 0.309 e. The Kier molecular flexibility index (Phi) is 7.82. The Bertz CT molecular complexity index is 3530.